The first-order valence-electron chi connectivity index (χ1n) is 7.03. The predicted molar refractivity (Wildman–Crippen MR) is 73.6 cm³/mol. The molecule has 5 heteroatoms. The standard InChI is InChI=1S/C15H20F2N2O/c1-10-2-3-12(16)13(14(10)17)15(20)19-9-6-11-4-7-18-8-5-11/h2-3,11,18H,4-9H2,1H3,(H,19,20). The summed E-state index contributed by atoms with van der Waals surface area (Å²) in [6, 6.07) is 2.45. The van der Waals surface area contributed by atoms with Crippen molar-refractivity contribution in [2.75, 3.05) is 19.6 Å². The van der Waals surface area contributed by atoms with E-state index in [1.165, 1.54) is 13.0 Å². The van der Waals surface area contributed by atoms with E-state index in [0.717, 1.165) is 38.4 Å². The molecule has 1 saturated heterocycles. The van der Waals surface area contributed by atoms with Gasteiger partial charge in [-0.2, -0.15) is 0 Å². The van der Waals surface area contributed by atoms with Gasteiger partial charge >= 0.3 is 0 Å². The van der Waals surface area contributed by atoms with E-state index in [4.69, 9.17) is 0 Å². The Kier molecular flexibility index (Phi) is 5.06. The van der Waals surface area contributed by atoms with Gasteiger partial charge in [-0.3, -0.25) is 4.79 Å². The minimum Gasteiger partial charge on any atom is -0.352 e. The highest BCUT2D eigenvalue weighted by atomic mass is 19.1. The number of hydrogen-bond donors (Lipinski definition) is 2. The molecule has 3 nitrogen and oxygen atoms in total. The molecule has 1 fully saturated rings. The monoisotopic (exact) mass is 282 g/mol. The number of amides is 1. The number of rotatable bonds is 4. The third kappa shape index (κ3) is 3.54. The van der Waals surface area contributed by atoms with Gasteiger partial charge in [-0.1, -0.05) is 6.07 Å². The second kappa shape index (κ2) is 6.79. The van der Waals surface area contributed by atoms with Gasteiger partial charge in [-0.25, -0.2) is 8.78 Å². The molecule has 0 spiro atoms. The molecule has 0 aliphatic carbocycles. The average molecular weight is 282 g/mol. The minimum atomic E-state index is -0.813. The van der Waals surface area contributed by atoms with E-state index in [0.29, 0.717) is 12.5 Å². The summed E-state index contributed by atoms with van der Waals surface area (Å²) in [5.41, 5.74) is -0.204. The molecule has 110 valence electrons. The maximum absolute atomic E-state index is 13.8. The topological polar surface area (TPSA) is 41.1 Å². The quantitative estimate of drug-likeness (QED) is 0.890. The van der Waals surface area contributed by atoms with Gasteiger partial charge in [0.25, 0.3) is 5.91 Å². The predicted octanol–water partition coefficient (Wildman–Crippen LogP) is 2.39. The minimum absolute atomic E-state index is 0.273. The molecule has 1 aliphatic rings. The van der Waals surface area contributed by atoms with Crippen LogP contribution in [0, 0.1) is 24.5 Å². The normalized spacial score (nSPS) is 16.1. The molecular formula is C15H20F2N2O. The van der Waals surface area contributed by atoms with E-state index in [1.54, 1.807) is 0 Å². The number of carbonyl (C=O) groups excluding carboxylic acids is 1. The molecule has 2 N–H and O–H groups in total. The fourth-order valence-electron chi connectivity index (χ4n) is 2.51. The Balaban J connectivity index is 1.90. The first-order valence-corrected chi connectivity index (χ1v) is 7.03. The molecule has 0 atom stereocenters. The van der Waals surface area contributed by atoms with E-state index in [2.05, 4.69) is 10.6 Å². The highest BCUT2D eigenvalue weighted by Gasteiger charge is 2.19. The molecule has 0 unspecified atom stereocenters. The lowest BCUT2D eigenvalue weighted by Gasteiger charge is -2.22. The summed E-state index contributed by atoms with van der Waals surface area (Å²) in [5.74, 6) is -1.68. The van der Waals surface area contributed by atoms with Crippen molar-refractivity contribution in [3.8, 4) is 0 Å². The van der Waals surface area contributed by atoms with Crippen LogP contribution < -0.4 is 10.6 Å². The Hall–Kier alpha value is -1.49. The molecule has 0 saturated carbocycles. The van der Waals surface area contributed by atoms with E-state index in [9.17, 15) is 13.6 Å². The van der Waals surface area contributed by atoms with Crippen molar-refractivity contribution in [1.29, 1.82) is 0 Å². The Morgan fingerprint density at radius 1 is 1.35 bits per heavy atom. The van der Waals surface area contributed by atoms with Gasteiger partial charge in [0.05, 0.1) is 0 Å². The Labute approximate surface area is 117 Å². The number of benzene rings is 1. The second-order valence-electron chi connectivity index (χ2n) is 5.29. The van der Waals surface area contributed by atoms with Crippen molar-refractivity contribution in [1.82, 2.24) is 10.6 Å². The van der Waals surface area contributed by atoms with Crippen LogP contribution in [0.3, 0.4) is 0 Å². The fraction of sp³-hybridized carbons (Fsp3) is 0.533. The van der Waals surface area contributed by atoms with E-state index < -0.39 is 23.1 Å². The summed E-state index contributed by atoms with van der Waals surface area (Å²) in [4.78, 5) is 11.9. The lowest BCUT2D eigenvalue weighted by atomic mass is 9.95. The highest BCUT2D eigenvalue weighted by molar-refractivity contribution is 5.94. The maximum Gasteiger partial charge on any atom is 0.257 e. The van der Waals surface area contributed by atoms with Gasteiger partial charge in [0, 0.05) is 6.54 Å². The summed E-state index contributed by atoms with van der Waals surface area (Å²) in [5, 5.41) is 5.89. The maximum atomic E-state index is 13.8. The first-order chi connectivity index (χ1) is 9.59. The molecule has 0 aromatic heterocycles. The molecule has 1 aromatic carbocycles. The van der Waals surface area contributed by atoms with Gasteiger partial charge in [0.15, 0.2) is 0 Å². The molecule has 1 aromatic rings. The molecule has 1 amide bonds. The molecule has 2 rings (SSSR count). The van der Waals surface area contributed by atoms with Gasteiger partial charge < -0.3 is 10.6 Å². The zero-order valence-corrected chi connectivity index (χ0v) is 11.6. The Morgan fingerprint density at radius 3 is 2.75 bits per heavy atom. The number of nitrogens with one attached hydrogen (secondary N) is 2. The molecule has 1 heterocycles. The van der Waals surface area contributed by atoms with Crippen molar-refractivity contribution >= 4 is 5.91 Å². The fourth-order valence-corrected chi connectivity index (χ4v) is 2.51. The first kappa shape index (κ1) is 14.9. The van der Waals surface area contributed by atoms with Crippen LogP contribution in [0.15, 0.2) is 12.1 Å². The van der Waals surface area contributed by atoms with Crippen molar-refractivity contribution in [3.63, 3.8) is 0 Å². The zero-order valence-electron chi connectivity index (χ0n) is 11.6. The number of carbonyl (C=O) groups is 1. The number of piperidine rings is 1. The van der Waals surface area contributed by atoms with Crippen LogP contribution in [-0.4, -0.2) is 25.5 Å². The third-order valence-electron chi connectivity index (χ3n) is 3.81. The number of halogens is 2. The van der Waals surface area contributed by atoms with E-state index >= 15 is 0 Å². The van der Waals surface area contributed by atoms with Gasteiger partial charge in [-0.05, 0) is 56.8 Å². The van der Waals surface area contributed by atoms with Gasteiger partial charge in [0.2, 0.25) is 0 Å². The van der Waals surface area contributed by atoms with Crippen molar-refractivity contribution in [2.45, 2.75) is 26.2 Å². The summed E-state index contributed by atoms with van der Waals surface area (Å²) < 4.78 is 27.3. The SMILES string of the molecule is Cc1ccc(F)c(C(=O)NCCC2CCNCC2)c1F. The summed E-state index contributed by atoms with van der Waals surface area (Å²) in [7, 11) is 0. The summed E-state index contributed by atoms with van der Waals surface area (Å²) in [6.45, 7) is 3.97. The average Bonchev–Trinajstić information content (AvgIpc) is 2.44. The summed E-state index contributed by atoms with van der Waals surface area (Å²) >= 11 is 0. The molecule has 20 heavy (non-hydrogen) atoms. The van der Waals surface area contributed by atoms with E-state index in [-0.39, 0.29) is 5.56 Å². The van der Waals surface area contributed by atoms with Crippen molar-refractivity contribution in [2.24, 2.45) is 5.92 Å². The lowest BCUT2D eigenvalue weighted by Crippen LogP contribution is -2.32. The molecular weight excluding hydrogens is 262 g/mol. The van der Waals surface area contributed by atoms with Crippen LogP contribution in [0.25, 0.3) is 0 Å². The van der Waals surface area contributed by atoms with Gasteiger partial charge in [-0.15, -0.1) is 0 Å². The zero-order chi connectivity index (χ0) is 14.5. The molecule has 0 radical (unpaired) electrons. The molecule has 1 aliphatic heterocycles. The molecule has 0 bridgehead atoms. The number of hydrogen-bond acceptors (Lipinski definition) is 2. The second-order valence-corrected chi connectivity index (χ2v) is 5.29. The third-order valence-corrected chi connectivity index (χ3v) is 3.81. The highest BCUT2D eigenvalue weighted by Crippen LogP contribution is 2.17. The van der Waals surface area contributed by atoms with Crippen molar-refractivity contribution < 1.29 is 13.6 Å². The lowest BCUT2D eigenvalue weighted by molar-refractivity contribution is 0.0942. The van der Waals surface area contributed by atoms with Gasteiger partial charge in [0.1, 0.15) is 17.2 Å². The van der Waals surface area contributed by atoms with Crippen LogP contribution in [0.2, 0.25) is 0 Å². The summed E-state index contributed by atoms with van der Waals surface area (Å²) in [6.07, 6.45) is 3.02. The number of aryl methyl sites for hydroxylation is 1. The Bertz CT molecular complexity index is 485. The Morgan fingerprint density at radius 2 is 2.05 bits per heavy atom. The largest absolute Gasteiger partial charge is 0.352 e. The van der Waals surface area contributed by atoms with Crippen molar-refractivity contribution in [3.05, 3.63) is 34.9 Å². The van der Waals surface area contributed by atoms with E-state index in [1.807, 2.05) is 0 Å². The van der Waals surface area contributed by atoms with Crippen LogP contribution in [0.4, 0.5) is 8.78 Å². The van der Waals surface area contributed by atoms with Crippen LogP contribution in [-0.2, 0) is 0 Å². The smallest absolute Gasteiger partial charge is 0.257 e. The van der Waals surface area contributed by atoms with Crippen LogP contribution >= 0.6 is 0 Å². The van der Waals surface area contributed by atoms with Crippen LogP contribution in [0.1, 0.15) is 35.2 Å². The van der Waals surface area contributed by atoms with Crippen LogP contribution in [0.5, 0.6) is 0 Å².